The molecule has 0 saturated heterocycles. The van der Waals surface area contributed by atoms with Crippen LogP contribution in [0.25, 0.3) is 16.9 Å². The van der Waals surface area contributed by atoms with Crippen LogP contribution >= 0.6 is 9.24 Å². The van der Waals surface area contributed by atoms with E-state index in [9.17, 15) is 0 Å². The maximum absolute atomic E-state index is 4.79. The second-order valence-corrected chi connectivity index (χ2v) is 6.08. The molecule has 0 saturated carbocycles. The molecule has 1 unspecified atom stereocenters. The summed E-state index contributed by atoms with van der Waals surface area (Å²) < 4.78 is 1.87. The van der Waals surface area contributed by atoms with Crippen LogP contribution in [0.15, 0.2) is 36.5 Å². The lowest BCUT2D eigenvalue weighted by molar-refractivity contribution is 0.820. The molecule has 22 heavy (non-hydrogen) atoms. The van der Waals surface area contributed by atoms with Gasteiger partial charge in [-0.05, 0) is 18.9 Å². The predicted octanol–water partition coefficient (Wildman–Crippen LogP) is 3.42. The van der Waals surface area contributed by atoms with Crippen molar-refractivity contribution in [2.24, 2.45) is 0 Å². The predicted molar refractivity (Wildman–Crippen MR) is 95.9 cm³/mol. The minimum absolute atomic E-state index is 0.879. The van der Waals surface area contributed by atoms with Crippen LogP contribution in [0.2, 0.25) is 0 Å². The molecule has 3 aromatic rings. The van der Waals surface area contributed by atoms with Gasteiger partial charge in [-0.1, -0.05) is 46.8 Å². The van der Waals surface area contributed by atoms with Crippen LogP contribution in [-0.4, -0.2) is 21.1 Å². The first-order chi connectivity index (χ1) is 10.7. The van der Waals surface area contributed by atoms with E-state index in [4.69, 9.17) is 4.98 Å². The van der Waals surface area contributed by atoms with Crippen molar-refractivity contribution >= 4 is 26.0 Å². The Bertz CT molecular complexity index is 794. The number of nitrogens with one attached hydrogen (secondary N) is 1. The van der Waals surface area contributed by atoms with Gasteiger partial charge in [0.1, 0.15) is 5.82 Å². The van der Waals surface area contributed by atoms with Crippen LogP contribution in [0.4, 0.5) is 5.82 Å². The van der Waals surface area contributed by atoms with Gasteiger partial charge in [-0.3, -0.25) is 0 Å². The molecule has 0 aliphatic rings. The minimum atomic E-state index is 0.879. The molecule has 0 bridgehead atoms. The largest absolute Gasteiger partial charge is 0.370 e. The number of nitrogens with zero attached hydrogens (tertiary/aromatic N) is 3. The van der Waals surface area contributed by atoms with Gasteiger partial charge < -0.3 is 5.32 Å². The zero-order valence-electron chi connectivity index (χ0n) is 13.0. The molecule has 0 aliphatic heterocycles. The molecule has 2 heterocycles. The highest BCUT2D eigenvalue weighted by molar-refractivity contribution is 7.28. The lowest BCUT2D eigenvalue weighted by atomic mass is 10.1. The van der Waals surface area contributed by atoms with E-state index in [0.29, 0.717) is 0 Å². The molecule has 2 aromatic heterocycles. The normalized spacial score (nSPS) is 11.0. The van der Waals surface area contributed by atoms with Gasteiger partial charge in [-0.25, -0.2) is 4.98 Å². The third-order valence-corrected chi connectivity index (χ3v) is 4.16. The van der Waals surface area contributed by atoms with E-state index in [2.05, 4.69) is 63.8 Å². The fraction of sp³-hybridized carbons (Fsp3) is 0.294. The van der Waals surface area contributed by atoms with Gasteiger partial charge in [-0.2, -0.15) is 9.61 Å². The van der Waals surface area contributed by atoms with Crippen molar-refractivity contribution in [3.05, 3.63) is 42.1 Å². The second kappa shape index (κ2) is 6.45. The van der Waals surface area contributed by atoms with E-state index in [-0.39, 0.29) is 0 Å². The van der Waals surface area contributed by atoms with Crippen LogP contribution in [0.3, 0.4) is 0 Å². The van der Waals surface area contributed by atoms with Crippen LogP contribution in [-0.2, 0) is 0 Å². The summed E-state index contributed by atoms with van der Waals surface area (Å²) in [6.07, 6.45) is 4.14. The fourth-order valence-electron chi connectivity index (χ4n) is 2.50. The topological polar surface area (TPSA) is 42.2 Å². The summed E-state index contributed by atoms with van der Waals surface area (Å²) in [6.45, 7) is 5.25. The molecule has 1 N–H and O–H groups in total. The van der Waals surface area contributed by atoms with Gasteiger partial charge in [0.25, 0.3) is 0 Å². The van der Waals surface area contributed by atoms with Gasteiger partial charge in [0.05, 0.1) is 11.9 Å². The molecule has 0 radical (unpaired) electrons. The molecule has 3 rings (SSSR count). The maximum atomic E-state index is 4.79. The molecule has 1 atom stereocenters. The van der Waals surface area contributed by atoms with E-state index in [1.807, 2.05) is 10.7 Å². The number of anilines is 1. The molecular formula is C17H21N4P. The average molecular weight is 312 g/mol. The van der Waals surface area contributed by atoms with E-state index in [1.165, 1.54) is 12.0 Å². The Kier molecular flexibility index (Phi) is 4.39. The number of rotatable bonds is 5. The number of aromatic nitrogens is 3. The molecule has 4 nitrogen and oxygen atoms in total. The number of aryl methyl sites for hydroxylation is 1. The Balaban J connectivity index is 2.11. The van der Waals surface area contributed by atoms with Crippen molar-refractivity contribution in [3.8, 4) is 11.3 Å². The summed E-state index contributed by atoms with van der Waals surface area (Å²) in [5.41, 5.74) is 4.25. The van der Waals surface area contributed by atoms with Gasteiger partial charge in [0.2, 0.25) is 0 Å². The molecule has 0 aliphatic carbocycles. The highest BCUT2D eigenvalue weighted by atomic mass is 31.0. The summed E-state index contributed by atoms with van der Waals surface area (Å²) in [4.78, 5) is 4.79. The van der Waals surface area contributed by atoms with E-state index >= 15 is 0 Å². The standard InChI is InChI=1S/C17H21N4P/c1-3-4-9-18-16-10-14(13-8-6-5-7-12(13)2)20-17-15(22)11-19-21(16)17/h5-8,10-11,18H,3-4,9,22H2,1-2H3. The number of benzene rings is 1. The summed E-state index contributed by atoms with van der Waals surface area (Å²) in [7, 11) is 2.71. The zero-order valence-corrected chi connectivity index (χ0v) is 14.2. The summed E-state index contributed by atoms with van der Waals surface area (Å²) >= 11 is 0. The Hall–Kier alpha value is -1.93. The number of unbranched alkanes of at least 4 members (excludes halogenated alkanes) is 1. The van der Waals surface area contributed by atoms with Crippen molar-refractivity contribution in [1.82, 2.24) is 14.6 Å². The number of fused-ring (bicyclic) bond motifs is 1. The van der Waals surface area contributed by atoms with Gasteiger partial charge in [-0.15, -0.1) is 0 Å². The van der Waals surface area contributed by atoms with Crippen LogP contribution < -0.4 is 10.6 Å². The summed E-state index contributed by atoms with van der Waals surface area (Å²) in [6, 6.07) is 10.4. The Morgan fingerprint density at radius 3 is 2.86 bits per heavy atom. The first-order valence-corrected chi connectivity index (χ1v) is 8.22. The van der Waals surface area contributed by atoms with Crippen LogP contribution in [0, 0.1) is 6.92 Å². The SMILES string of the molecule is CCCCNc1cc(-c2ccccc2C)nc2c(P)cnn12. The van der Waals surface area contributed by atoms with Crippen molar-refractivity contribution in [2.45, 2.75) is 26.7 Å². The van der Waals surface area contributed by atoms with E-state index in [1.54, 1.807) is 0 Å². The number of hydrogen-bond acceptors (Lipinski definition) is 3. The third-order valence-electron chi connectivity index (χ3n) is 3.76. The molecule has 1 aromatic carbocycles. The molecule has 0 spiro atoms. The second-order valence-electron chi connectivity index (χ2n) is 5.46. The van der Waals surface area contributed by atoms with Crippen molar-refractivity contribution in [3.63, 3.8) is 0 Å². The fourth-order valence-corrected chi connectivity index (χ4v) is 2.75. The van der Waals surface area contributed by atoms with Crippen molar-refractivity contribution in [1.29, 1.82) is 0 Å². The average Bonchev–Trinajstić information content (AvgIpc) is 2.90. The van der Waals surface area contributed by atoms with Gasteiger partial charge in [0, 0.05) is 23.5 Å². The van der Waals surface area contributed by atoms with Gasteiger partial charge >= 0.3 is 0 Å². The third kappa shape index (κ3) is 2.84. The minimum Gasteiger partial charge on any atom is -0.370 e. The molecular weight excluding hydrogens is 291 g/mol. The lowest BCUT2D eigenvalue weighted by Gasteiger charge is -2.11. The maximum Gasteiger partial charge on any atom is 0.165 e. The van der Waals surface area contributed by atoms with Crippen molar-refractivity contribution in [2.75, 3.05) is 11.9 Å². The molecule has 5 heteroatoms. The highest BCUT2D eigenvalue weighted by Crippen LogP contribution is 2.25. The first-order valence-electron chi connectivity index (χ1n) is 7.65. The molecule has 0 amide bonds. The monoisotopic (exact) mass is 312 g/mol. The first kappa shape index (κ1) is 15.0. The Morgan fingerprint density at radius 2 is 2.09 bits per heavy atom. The van der Waals surface area contributed by atoms with E-state index in [0.717, 1.165) is 41.0 Å². The highest BCUT2D eigenvalue weighted by Gasteiger charge is 2.11. The summed E-state index contributed by atoms with van der Waals surface area (Å²) in [5, 5.41) is 8.92. The Morgan fingerprint density at radius 1 is 1.27 bits per heavy atom. The zero-order chi connectivity index (χ0) is 15.5. The van der Waals surface area contributed by atoms with Gasteiger partial charge in [0.15, 0.2) is 5.65 Å². The number of hydrogen-bond donors (Lipinski definition) is 1. The smallest absolute Gasteiger partial charge is 0.165 e. The lowest BCUT2D eigenvalue weighted by Crippen LogP contribution is -2.09. The summed E-state index contributed by atoms with van der Waals surface area (Å²) in [5.74, 6) is 0.991. The van der Waals surface area contributed by atoms with Crippen LogP contribution in [0.5, 0.6) is 0 Å². The van der Waals surface area contributed by atoms with Crippen molar-refractivity contribution < 1.29 is 0 Å². The van der Waals surface area contributed by atoms with E-state index < -0.39 is 0 Å². The Labute approximate surface area is 133 Å². The molecule has 114 valence electrons. The van der Waals surface area contributed by atoms with Crippen LogP contribution in [0.1, 0.15) is 25.3 Å². The molecule has 0 fully saturated rings. The quantitative estimate of drug-likeness (QED) is 0.580.